The topological polar surface area (TPSA) is 111 Å². The molecule has 2 aromatic rings. The summed E-state index contributed by atoms with van der Waals surface area (Å²) >= 11 is 0. The molecule has 2 amide bonds. The lowest BCUT2D eigenvalue weighted by atomic mass is 10.2. The van der Waals surface area contributed by atoms with Crippen molar-refractivity contribution in [2.24, 2.45) is 0 Å². The molecule has 24 heavy (non-hydrogen) atoms. The Bertz CT molecular complexity index is 905. The molecule has 2 aromatic carbocycles. The lowest BCUT2D eigenvalue weighted by Gasteiger charge is -2.10. The third kappa shape index (κ3) is 4.96. The van der Waals surface area contributed by atoms with Gasteiger partial charge in [-0.2, -0.15) is 5.26 Å². The van der Waals surface area contributed by atoms with E-state index in [1.807, 2.05) is 0 Å². The zero-order valence-electron chi connectivity index (χ0n) is 12.5. The number of carbonyl (C=O) groups excluding carboxylic acids is 1. The standard InChI is InChI=1S/C15H13FN4O3S/c1-24(22,23)20-13-5-3-12(4-6-13)18-15(21)19-14-7-2-11(16)8-10(14)9-17/h2-8,20H,1H3,(H2,18,19,21). The van der Waals surface area contributed by atoms with Gasteiger partial charge in [-0.3, -0.25) is 4.72 Å². The molecule has 0 radical (unpaired) electrons. The van der Waals surface area contributed by atoms with Crippen molar-refractivity contribution in [1.29, 1.82) is 5.26 Å². The van der Waals surface area contributed by atoms with Gasteiger partial charge in [0.15, 0.2) is 0 Å². The molecule has 3 N–H and O–H groups in total. The van der Waals surface area contributed by atoms with Crippen molar-refractivity contribution in [3.63, 3.8) is 0 Å². The number of nitrogens with zero attached hydrogens (tertiary/aromatic N) is 1. The molecule has 0 unspecified atom stereocenters. The molecule has 0 saturated carbocycles. The molecule has 0 spiro atoms. The number of carbonyl (C=O) groups is 1. The van der Waals surface area contributed by atoms with Crippen molar-refractivity contribution in [3.05, 3.63) is 53.8 Å². The molecule has 2 rings (SSSR count). The van der Waals surface area contributed by atoms with Crippen molar-refractivity contribution in [3.8, 4) is 6.07 Å². The fourth-order valence-electron chi connectivity index (χ4n) is 1.84. The van der Waals surface area contributed by atoms with Crippen LogP contribution in [0.2, 0.25) is 0 Å². The second kappa shape index (κ2) is 6.97. The lowest BCUT2D eigenvalue weighted by molar-refractivity contribution is 0.262. The van der Waals surface area contributed by atoms with Crippen LogP contribution in [-0.2, 0) is 10.0 Å². The Morgan fingerprint density at radius 3 is 2.29 bits per heavy atom. The summed E-state index contributed by atoms with van der Waals surface area (Å²) in [4.78, 5) is 11.9. The first-order chi connectivity index (χ1) is 11.3. The number of urea groups is 1. The first kappa shape index (κ1) is 17.2. The highest BCUT2D eigenvalue weighted by Gasteiger charge is 2.08. The van der Waals surface area contributed by atoms with E-state index in [4.69, 9.17) is 5.26 Å². The molecule has 0 aliphatic rings. The van der Waals surface area contributed by atoms with Crippen molar-refractivity contribution in [2.75, 3.05) is 21.6 Å². The van der Waals surface area contributed by atoms with E-state index in [1.54, 1.807) is 6.07 Å². The maximum Gasteiger partial charge on any atom is 0.323 e. The molecule has 0 bridgehead atoms. The summed E-state index contributed by atoms with van der Waals surface area (Å²) < 4.78 is 37.6. The van der Waals surface area contributed by atoms with Crippen LogP contribution in [0, 0.1) is 17.1 Å². The summed E-state index contributed by atoms with van der Waals surface area (Å²) in [5, 5.41) is 13.9. The number of nitrogens with one attached hydrogen (secondary N) is 3. The highest BCUT2D eigenvalue weighted by Crippen LogP contribution is 2.18. The van der Waals surface area contributed by atoms with E-state index in [2.05, 4.69) is 15.4 Å². The van der Waals surface area contributed by atoms with Crippen molar-refractivity contribution in [2.45, 2.75) is 0 Å². The third-order valence-corrected chi connectivity index (χ3v) is 3.40. The smallest absolute Gasteiger partial charge is 0.308 e. The third-order valence-electron chi connectivity index (χ3n) is 2.80. The Morgan fingerprint density at radius 2 is 1.71 bits per heavy atom. The second-order valence-electron chi connectivity index (χ2n) is 4.83. The molecule has 0 aromatic heterocycles. The Kier molecular flexibility index (Phi) is 5.01. The van der Waals surface area contributed by atoms with E-state index in [1.165, 1.54) is 30.3 Å². The number of anilines is 3. The van der Waals surface area contributed by atoms with Crippen molar-refractivity contribution in [1.82, 2.24) is 0 Å². The number of benzene rings is 2. The van der Waals surface area contributed by atoms with Crippen molar-refractivity contribution < 1.29 is 17.6 Å². The summed E-state index contributed by atoms with van der Waals surface area (Å²) in [5.74, 6) is -0.577. The molecule has 0 fully saturated rings. The van der Waals surface area contributed by atoms with Gasteiger partial charge in [-0.25, -0.2) is 17.6 Å². The summed E-state index contributed by atoms with van der Waals surface area (Å²) in [7, 11) is -3.38. The molecule has 0 atom stereocenters. The van der Waals surface area contributed by atoms with E-state index >= 15 is 0 Å². The predicted octanol–water partition coefficient (Wildman–Crippen LogP) is 2.71. The van der Waals surface area contributed by atoms with Crippen molar-refractivity contribution >= 4 is 33.1 Å². The SMILES string of the molecule is CS(=O)(=O)Nc1ccc(NC(=O)Nc2ccc(F)cc2C#N)cc1. The predicted molar refractivity (Wildman–Crippen MR) is 88.7 cm³/mol. The Morgan fingerprint density at radius 1 is 1.08 bits per heavy atom. The fourth-order valence-corrected chi connectivity index (χ4v) is 2.40. The van der Waals surface area contributed by atoms with Crippen LogP contribution in [0.15, 0.2) is 42.5 Å². The Hall–Kier alpha value is -3.12. The molecular formula is C15H13FN4O3S. The minimum atomic E-state index is -3.38. The average molecular weight is 348 g/mol. The molecule has 9 heteroatoms. The second-order valence-corrected chi connectivity index (χ2v) is 6.58. The summed E-state index contributed by atoms with van der Waals surface area (Å²) in [6, 6.07) is 10.6. The van der Waals surface area contributed by atoms with Gasteiger partial charge in [0, 0.05) is 11.4 Å². The largest absolute Gasteiger partial charge is 0.323 e. The van der Waals surface area contributed by atoms with E-state index in [0.29, 0.717) is 11.4 Å². The number of amides is 2. The van der Waals surface area contributed by atoms with Crippen LogP contribution < -0.4 is 15.4 Å². The fraction of sp³-hybridized carbons (Fsp3) is 0.0667. The number of halogens is 1. The van der Waals surface area contributed by atoms with Gasteiger partial charge in [-0.15, -0.1) is 0 Å². The number of sulfonamides is 1. The molecule has 0 heterocycles. The molecule has 0 saturated heterocycles. The minimum Gasteiger partial charge on any atom is -0.308 e. The molecule has 0 aliphatic carbocycles. The van der Waals surface area contributed by atoms with Gasteiger partial charge in [0.05, 0.1) is 17.5 Å². The maximum absolute atomic E-state index is 13.0. The number of nitriles is 1. The van der Waals surface area contributed by atoms with Gasteiger partial charge in [0.2, 0.25) is 10.0 Å². The van der Waals surface area contributed by atoms with Crippen LogP contribution in [0.3, 0.4) is 0 Å². The molecule has 124 valence electrons. The van der Waals surface area contributed by atoms with Gasteiger partial charge in [0.25, 0.3) is 0 Å². The van der Waals surface area contributed by atoms with E-state index in [0.717, 1.165) is 18.4 Å². The van der Waals surface area contributed by atoms with E-state index < -0.39 is 21.9 Å². The van der Waals surface area contributed by atoms with Crippen LogP contribution in [0.5, 0.6) is 0 Å². The summed E-state index contributed by atoms with van der Waals surface area (Å²) in [5.41, 5.74) is 0.936. The summed E-state index contributed by atoms with van der Waals surface area (Å²) in [6.07, 6.45) is 1.03. The maximum atomic E-state index is 13.0. The Balaban J connectivity index is 2.04. The minimum absolute atomic E-state index is 0.00199. The van der Waals surface area contributed by atoms with Gasteiger partial charge >= 0.3 is 6.03 Å². The zero-order chi connectivity index (χ0) is 17.7. The monoisotopic (exact) mass is 348 g/mol. The van der Waals surface area contributed by atoms with Crippen LogP contribution >= 0.6 is 0 Å². The first-order valence-corrected chi connectivity index (χ1v) is 8.51. The number of hydrogen-bond donors (Lipinski definition) is 3. The molecule has 7 nitrogen and oxygen atoms in total. The van der Waals surface area contributed by atoms with E-state index in [-0.39, 0.29) is 11.3 Å². The summed E-state index contributed by atoms with van der Waals surface area (Å²) in [6.45, 7) is 0. The van der Waals surface area contributed by atoms with Crippen LogP contribution in [0.1, 0.15) is 5.56 Å². The van der Waals surface area contributed by atoms with Gasteiger partial charge < -0.3 is 10.6 Å². The zero-order valence-corrected chi connectivity index (χ0v) is 13.3. The van der Waals surface area contributed by atoms with Gasteiger partial charge in [-0.1, -0.05) is 0 Å². The average Bonchev–Trinajstić information content (AvgIpc) is 2.49. The quantitative estimate of drug-likeness (QED) is 0.789. The number of hydrogen-bond acceptors (Lipinski definition) is 4. The van der Waals surface area contributed by atoms with Gasteiger partial charge in [0.1, 0.15) is 11.9 Å². The molecular weight excluding hydrogens is 335 g/mol. The van der Waals surface area contributed by atoms with Crippen LogP contribution in [0.4, 0.5) is 26.2 Å². The lowest BCUT2D eigenvalue weighted by Crippen LogP contribution is -2.20. The van der Waals surface area contributed by atoms with Crippen LogP contribution in [0.25, 0.3) is 0 Å². The molecule has 0 aliphatic heterocycles. The first-order valence-electron chi connectivity index (χ1n) is 6.62. The van der Waals surface area contributed by atoms with E-state index in [9.17, 15) is 17.6 Å². The normalized spacial score (nSPS) is 10.5. The van der Waals surface area contributed by atoms with Gasteiger partial charge in [-0.05, 0) is 42.5 Å². The highest BCUT2D eigenvalue weighted by molar-refractivity contribution is 7.92. The van der Waals surface area contributed by atoms with Crippen LogP contribution in [-0.4, -0.2) is 20.7 Å². The Labute approximate surface area is 138 Å². The highest BCUT2D eigenvalue weighted by atomic mass is 32.2. The number of rotatable bonds is 4.